The van der Waals surface area contributed by atoms with Crippen LogP contribution in [0.3, 0.4) is 0 Å². The van der Waals surface area contributed by atoms with E-state index in [1.165, 1.54) is 23.3 Å². The van der Waals surface area contributed by atoms with Crippen LogP contribution in [-0.4, -0.2) is 27.5 Å². The van der Waals surface area contributed by atoms with Crippen molar-refractivity contribution in [1.29, 1.82) is 0 Å². The molecule has 0 amide bonds. The zero-order valence-electron chi connectivity index (χ0n) is 13.6. The number of halogens is 1. The lowest BCUT2D eigenvalue weighted by molar-refractivity contribution is 0.258. The Labute approximate surface area is 146 Å². The third kappa shape index (κ3) is 2.94. The lowest BCUT2D eigenvalue weighted by atomic mass is 10.1. The highest BCUT2D eigenvalue weighted by Crippen LogP contribution is 2.33. The third-order valence-corrected chi connectivity index (χ3v) is 6.05. The second-order valence-corrected chi connectivity index (χ2v) is 7.59. The summed E-state index contributed by atoms with van der Waals surface area (Å²) >= 11 is 1.76. The Balaban J connectivity index is 0.00000156. The number of hydrogen-bond donors (Lipinski definition) is 0. The maximum atomic E-state index is 13.0. The highest BCUT2D eigenvalue weighted by Gasteiger charge is 2.25. The molecule has 0 saturated heterocycles. The van der Waals surface area contributed by atoms with E-state index in [1.807, 2.05) is 4.57 Å². The summed E-state index contributed by atoms with van der Waals surface area (Å²) in [6.07, 6.45) is 6.63. The standard InChI is InChI=1S/C17H23N3OS.ClH/c1-2-8-19-10-7-12-13(11-19)22-16-15(12)17(21)20-9-5-3-4-6-14(20)18-16;/h2-11H2,1H3;1H. The van der Waals surface area contributed by atoms with Gasteiger partial charge in [-0.1, -0.05) is 13.3 Å². The summed E-state index contributed by atoms with van der Waals surface area (Å²) in [5.74, 6) is 1.01. The molecule has 2 aromatic heterocycles. The Morgan fingerprint density at radius 2 is 2.04 bits per heavy atom. The molecule has 0 radical (unpaired) electrons. The van der Waals surface area contributed by atoms with Crippen LogP contribution in [0.5, 0.6) is 0 Å². The Hall–Kier alpha value is -0.910. The predicted octanol–water partition coefficient (Wildman–Crippen LogP) is 3.37. The monoisotopic (exact) mass is 353 g/mol. The van der Waals surface area contributed by atoms with Crippen molar-refractivity contribution < 1.29 is 0 Å². The summed E-state index contributed by atoms with van der Waals surface area (Å²) in [5.41, 5.74) is 1.52. The number of aryl methyl sites for hydroxylation is 1. The van der Waals surface area contributed by atoms with Gasteiger partial charge < -0.3 is 0 Å². The van der Waals surface area contributed by atoms with Crippen molar-refractivity contribution in [3.63, 3.8) is 0 Å². The van der Waals surface area contributed by atoms with E-state index in [-0.39, 0.29) is 18.0 Å². The molecular weight excluding hydrogens is 330 g/mol. The van der Waals surface area contributed by atoms with Gasteiger partial charge in [-0.15, -0.1) is 23.7 Å². The fourth-order valence-corrected chi connectivity index (χ4v) is 5.10. The molecule has 4 heterocycles. The average Bonchev–Trinajstić information content (AvgIpc) is 2.70. The van der Waals surface area contributed by atoms with Crippen LogP contribution in [0.2, 0.25) is 0 Å². The van der Waals surface area contributed by atoms with Gasteiger partial charge in [-0.3, -0.25) is 14.3 Å². The van der Waals surface area contributed by atoms with Crippen molar-refractivity contribution in [2.75, 3.05) is 13.1 Å². The second kappa shape index (κ2) is 6.91. The highest BCUT2D eigenvalue weighted by atomic mass is 35.5. The van der Waals surface area contributed by atoms with Crippen LogP contribution in [0.4, 0.5) is 0 Å². The molecule has 2 aromatic rings. The van der Waals surface area contributed by atoms with Crippen LogP contribution >= 0.6 is 23.7 Å². The van der Waals surface area contributed by atoms with E-state index < -0.39 is 0 Å². The molecule has 0 bridgehead atoms. The molecule has 0 unspecified atom stereocenters. The van der Waals surface area contributed by atoms with Gasteiger partial charge in [-0.25, -0.2) is 4.98 Å². The Morgan fingerprint density at radius 3 is 2.87 bits per heavy atom. The van der Waals surface area contributed by atoms with Crippen molar-refractivity contribution in [2.24, 2.45) is 0 Å². The van der Waals surface area contributed by atoms with Gasteiger partial charge in [-0.05, 0) is 37.8 Å². The molecule has 4 rings (SSSR count). The van der Waals surface area contributed by atoms with Crippen LogP contribution < -0.4 is 5.56 Å². The van der Waals surface area contributed by atoms with Gasteiger partial charge in [0, 0.05) is 30.9 Å². The van der Waals surface area contributed by atoms with Crippen molar-refractivity contribution in [3.05, 3.63) is 26.6 Å². The van der Waals surface area contributed by atoms with Crippen LogP contribution in [-0.2, 0) is 25.9 Å². The SMILES string of the molecule is CCCN1CCc2c(sc3nc4n(c(=O)c23)CCCCC4)C1.Cl. The van der Waals surface area contributed by atoms with Gasteiger partial charge in [0.25, 0.3) is 5.56 Å². The Bertz CT molecular complexity index is 767. The first-order valence-electron chi connectivity index (χ1n) is 8.54. The first-order chi connectivity index (χ1) is 10.8. The van der Waals surface area contributed by atoms with Crippen molar-refractivity contribution >= 4 is 34.0 Å². The molecule has 0 aliphatic carbocycles. The van der Waals surface area contributed by atoms with Crippen molar-refractivity contribution in [3.8, 4) is 0 Å². The van der Waals surface area contributed by atoms with E-state index in [2.05, 4.69) is 11.8 Å². The van der Waals surface area contributed by atoms with Gasteiger partial charge >= 0.3 is 0 Å². The molecule has 6 heteroatoms. The molecule has 0 spiro atoms. The van der Waals surface area contributed by atoms with Crippen LogP contribution in [0.25, 0.3) is 10.2 Å². The zero-order chi connectivity index (χ0) is 15.1. The molecule has 0 fully saturated rings. The van der Waals surface area contributed by atoms with Crippen LogP contribution in [0.15, 0.2) is 4.79 Å². The third-order valence-electron chi connectivity index (χ3n) is 4.94. The minimum Gasteiger partial charge on any atom is -0.298 e. The Morgan fingerprint density at radius 1 is 1.17 bits per heavy atom. The van der Waals surface area contributed by atoms with Crippen molar-refractivity contribution in [1.82, 2.24) is 14.5 Å². The van der Waals surface area contributed by atoms with E-state index in [1.54, 1.807) is 11.3 Å². The number of aromatic nitrogens is 2. The van der Waals surface area contributed by atoms with E-state index in [0.717, 1.165) is 67.9 Å². The number of hydrogen-bond acceptors (Lipinski definition) is 4. The largest absolute Gasteiger partial charge is 0.298 e. The summed E-state index contributed by atoms with van der Waals surface area (Å²) in [6.45, 7) is 6.30. The zero-order valence-corrected chi connectivity index (χ0v) is 15.3. The molecule has 0 atom stereocenters. The topological polar surface area (TPSA) is 38.1 Å². The molecule has 0 N–H and O–H groups in total. The average molecular weight is 354 g/mol. The molecule has 126 valence electrons. The van der Waals surface area contributed by atoms with Gasteiger partial charge in [0.2, 0.25) is 0 Å². The molecule has 2 aliphatic heterocycles. The fraction of sp³-hybridized carbons (Fsp3) is 0.647. The van der Waals surface area contributed by atoms with Crippen LogP contribution in [0.1, 0.15) is 48.9 Å². The minimum atomic E-state index is 0. The van der Waals surface area contributed by atoms with Gasteiger partial charge in [-0.2, -0.15) is 0 Å². The fourth-order valence-electron chi connectivity index (χ4n) is 3.83. The van der Waals surface area contributed by atoms with Gasteiger partial charge in [0.1, 0.15) is 10.7 Å². The molecule has 23 heavy (non-hydrogen) atoms. The minimum absolute atomic E-state index is 0. The molecule has 2 aliphatic rings. The van der Waals surface area contributed by atoms with Crippen molar-refractivity contribution in [2.45, 2.75) is 58.5 Å². The van der Waals surface area contributed by atoms with Gasteiger partial charge in [0.15, 0.2) is 0 Å². The number of nitrogens with zero attached hydrogens (tertiary/aromatic N) is 3. The molecule has 4 nitrogen and oxygen atoms in total. The molecule has 0 saturated carbocycles. The summed E-state index contributed by atoms with van der Waals surface area (Å²) in [5, 5.41) is 0.932. The summed E-state index contributed by atoms with van der Waals surface area (Å²) in [7, 11) is 0. The smallest absolute Gasteiger partial charge is 0.262 e. The van der Waals surface area contributed by atoms with Crippen LogP contribution in [0, 0.1) is 0 Å². The number of thiophene rings is 1. The molecule has 0 aromatic carbocycles. The quantitative estimate of drug-likeness (QED) is 0.830. The van der Waals surface area contributed by atoms with E-state index in [4.69, 9.17) is 4.98 Å². The second-order valence-electron chi connectivity index (χ2n) is 6.51. The van der Waals surface area contributed by atoms with Gasteiger partial charge in [0.05, 0.1) is 5.39 Å². The normalized spacial score (nSPS) is 18.1. The van der Waals surface area contributed by atoms with E-state index >= 15 is 0 Å². The maximum absolute atomic E-state index is 13.0. The first kappa shape index (κ1) is 16.9. The predicted molar refractivity (Wildman–Crippen MR) is 98.0 cm³/mol. The Kier molecular flexibility index (Phi) is 5.09. The summed E-state index contributed by atoms with van der Waals surface area (Å²) < 4.78 is 1.96. The molecular formula is C17H24ClN3OS. The maximum Gasteiger partial charge on any atom is 0.262 e. The lowest BCUT2D eigenvalue weighted by Gasteiger charge is -2.26. The number of fused-ring (bicyclic) bond motifs is 4. The number of rotatable bonds is 2. The summed E-state index contributed by atoms with van der Waals surface area (Å²) in [4.78, 5) is 22.7. The lowest BCUT2D eigenvalue weighted by Crippen LogP contribution is -2.31. The summed E-state index contributed by atoms with van der Waals surface area (Å²) in [6, 6.07) is 0. The van der Waals surface area contributed by atoms with E-state index in [9.17, 15) is 4.79 Å². The van der Waals surface area contributed by atoms with E-state index in [0.29, 0.717) is 0 Å². The first-order valence-corrected chi connectivity index (χ1v) is 9.36. The highest BCUT2D eigenvalue weighted by molar-refractivity contribution is 7.18.